The number of aromatic nitrogens is 2. The molecule has 0 saturated carbocycles. The second kappa shape index (κ2) is 7.08. The molecule has 112 valence electrons. The molecular weight excluding hydrogens is 276 g/mol. The Balaban J connectivity index is 2.05. The zero-order valence-electron chi connectivity index (χ0n) is 11.9. The Kier molecular flexibility index (Phi) is 5.16. The van der Waals surface area contributed by atoms with Crippen LogP contribution in [0.2, 0.25) is 0 Å². The first kappa shape index (κ1) is 15.3. The van der Waals surface area contributed by atoms with Gasteiger partial charge in [-0.1, -0.05) is 13.8 Å². The van der Waals surface area contributed by atoms with Crippen molar-refractivity contribution in [3.05, 3.63) is 47.9 Å². The summed E-state index contributed by atoms with van der Waals surface area (Å²) in [5.74, 6) is -0.783. The minimum absolute atomic E-state index is 0.128. The van der Waals surface area contributed by atoms with Crippen molar-refractivity contribution in [2.24, 2.45) is 5.92 Å². The lowest BCUT2D eigenvalue weighted by atomic mass is 10.2. The largest absolute Gasteiger partial charge is 0.434 e. The number of hydrogen-bond donors (Lipinski definition) is 1. The Morgan fingerprint density at radius 2 is 2.05 bits per heavy atom. The topological polar surface area (TPSA) is 47.0 Å². The van der Waals surface area contributed by atoms with Gasteiger partial charge in [0.25, 0.3) is 0 Å². The molecule has 0 bridgehead atoms. The van der Waals surface area contributed by atoms with Crippen LogP contribution in [-0.4, -0.2) is 16.5 Å². The lowest BCUT2D eigenvalue weighted by Gasteiger charge is -2.09. The highest BCUT2D eigenvalue weighted by molar-refractivity contribution is 5.28. The van der Waals surface area contributed by atoms with E-state index in [0.29, 0.717) is 18.2 Å². The van der Waals surface area contributed by atoms with E-state index in [1.807, 2.05) is 0 Å². The van der Waals surface area contributed by atoms with Gasteiger partial charge in [-0.3, -0.25) is 4.98 Å². The lowest BCUT2D eigenvalue weighted by molar-refractivity contribution is 0.418. The Morgan fingerprint density at radius 3 is 2.81 bits per heavy atom. The summed E-state index contributed by atoms with van der Waals surface area (Å²) in [6, 6.07) is 3.01. The molecular formula is C15H17F2N3O. The molecule has 1 aromatic carbocycles. The van der Waals surface area contributed by atoms with E-state index in [1.165, 1.54) is 6.20 Å². The average molecular weight is 293 g/mol. The molecule has 0 aliphatic rings. The van der Waals surface area contributed by atoms with Gasteiger partial charge < -0.3 is 10.1 Å². The minimum atomic E-state index is -0.651. The van der Waals surface area contributed by atoms with E-state index in [1.54, 1.807) is 6.20 Å². The Hall–Kier alpha value is -2.08. The highest BCUT2D eigenvalue weighted by atomic mass is 19.1. The van der Waals surface area contributed by atoms with Crippen LogP contribution in [0.1, 0.15) is 19.5 Å². The van der Waals surface area contributed by atoms with Crippen molar-refractivity contribution in [1.29, 1.82) is 0 Å². The van der Waals surface area contributed by atoms with Crippen LogP contribution in [0.25, 0.3) is 0 Å². The predicted octanol–water partition coefficient (Wildman–Crippen LogP) is 3.29. The summed E-state index contributed by atoms with van der Waals surface area (Å²) in [5.41, 5.74) is 0.671. The fraction of sp³-hybridized carbons (Fsp3) is 0.333. The highest BCUT2D eigenvalue weighted by Gasteiger charge is 2.08. The molecule has 0 unspecified atom stereocenters. The van der Waals surface area contributed by atoms with Gasteiger partial charge in [0.05, 0.1) is 11.9 Å². The van der Waals surface area contributed by atoms with Crippen LogP contribution in [0, 0.1) is 17.6 Å². The third-order valence-electron chi connectivity index (χ3n) is 2.63. The number of ether oxygens (including phenoxy) is 1. The molecule has 0 saturated heterocycles. The molecule has 0 aliphatic heterocycles. The molecule has 0 atom stereocenters. The van der Waals surface area contributed by atoms with Gasteiger partial charge in [0.1, 0.15) is 5.82 Å². The SMILES string of the molecule is CC(C)CNCc1cncc(Oc2cc(F)ccc2F)n1. The average Bonchev–Trinajstić information content (AvgIpc) is 2.43. The van der Waals surface area contributed by atoms with Crippen LogP contribution >= 0.6 is 0 Å². The molecule has 2 rings (SSSR count). The van der Waals surface area contributed by atoms with E-state index in [0.717, 1.165) is 24.7 Å². The van der Waals surface area contributed by atoms with Gasteiger partial charge in [0.15, 0.2) is 11.6 Å². The van der Waals surface area contributed by atoms with Crippen molar-refractivity contribution in [3.63, 3.8) is 0 Å². The highest BCUT2D eigenvalue weighted by Crippen LogP contribution is 2.23. The fourth-order valence-corrected chi connectivity index (χ4v) is 1.68. The Morgan fingerprint density at radius 1 is 1.24 bits per heavy atom. The molecule has 0 aliphatic carbocycles. The van der Waals surface area contributed by atoms with Crippen molar-refractivity contribution < 1.29 is 13.5 Å². The molecule has 0 amide bonds. The zero-order chi connectivity index (χ0) is 15.2. The quantitative estimate of drug-likeness (QED) is 0.887. The third-order valence-corrected chi connectivity index (χ3v) is 2.63. The first-order chi connectivity index (χ1) is 10.0. The van der Waals surface area contributed by atoms with Crippen LogP contribution in [0.5, 0.6) is 11.6 Å². The molecule has 21 heavy (non-hydrogen) atoms. The van der Waals surface area contributed by atoms with E-state index in [2.05, 4.69) is 29.1 Å². The molecule has 1 heterocycles. The minimum Gasteiger partial charge on any atom is -0.434 e. The zero-order valence-corrected chi connectivity index (χ0v) is 11.9. The summed E-state index contributed by atoms with van der Waals surface area (Å²) in [6.07, 6.45) is 2.96. The number of rotatable bonds is 6. The van der Waals surface area contributed by atoms with Gasteiger partial charge in [-0.2, -0.15) is 0 Å². The summed E-state index contributed by atoms with van der Waals surface area (Å²) >= 11 is 0. The predicted molar refractivity (Wildman–Crippen MR) is 75.0 cm³/mol. The first-order valence-corrected chi connectivity index (χ1v) is 6.69. The van der Waals surface area contributed by atoms with Crippen LogP contribution in [0.15, 0.2) is 30.6 Å². The van der Waals surface area contributed by atoms with Gasteiger partial charge in [0, 0.05) is 18.8 Å². The smallest absolute Gasteiger partial charge is 0.238 e. The van der Waals surface area contributed by atoms with Crippen LogP contribution in [-0.2, 0) is 6.54 Å². The number of nitrogens with zero attached hydrogens (tertiary/aromatic N) is 2. The van der Waals surface area contributed by atoms with Gasteiger partial charge in [-0.25, -0.2) is 13.8 Å². The maximum atomic E-state index is 13.5. The summed E-state index contributed by atoms with van der Waals surface area (Å²) in [7, 11) is 0. The first-order valence-electron chi connectivity index (χ1n) is 6.69. The van der Waals surface area contributed by atoms with E-state index >= 15 is 0 Å². The number of halogens is 2. The fourth-order valence-electron chi connectivity index (χ4n) is 1.68. The van der Waals surface area contributed by atoms with Gasteiger partial charge in [0.2, 0.25) is 5.88 Å². The lowest BCUT2D eigenvalue weighted by Crippen LogP contribution is -2.19. The van der Waals surface area contributed by atoms with Gasteiger partial charge in [-0.15, -0.1) is 0 Å². The molecule has 6 heteroatoms. The number of benzene rings is 1. The maximum absolute atomic E-state index is 13.5. The van der Waals surface area contributed by atoms with E-state index in [9.17, 15) is 8.78 Å². The second-order valence-electron chi connectivity index (χ2n) is 5.05. The monoisotopic (exact) mass is 293 g/mol. The van der Waals surface area contributed by atoms with Crippen LogP contribution in [0.3, 0.4) is 0 Å². The summed E-state index contributed by atoms with van der Waals surface area (Å²) < 4.78 is 31.8. The van der Waals surface area contributed by atoms with Crippen molar-refractivity contribution >= 4 is 0 Å². The van der Waals surface area contributed by atoms with Crippen LogP contribution in [0.4, 0.5) is 8.78 Å². The van der Waals surface area contributed by atoms with Crippen molar-refractivity contribution in [3.8, 4) is 11.6 Å². The van der Waals surface area contributed by atoms with E-state index in [4.69, 9.17) is 4.74 Å². The van der Waals surface area contributed by atoms with Gasteiger partial charge >= 0.3 is 0 Å². The van der Waals surface area contributed by atoms with E-state index < -0.39 is 11.6 Å². The normalized spacial score (nSPS) is 10.9. The Labute approximate surface area is 122 Å². The van der Waals surface area contributed by atoms with Gasteiger partial charge in [-0.05, 0) is 24.6 Å². The summed E-state index contributed by atoms with van der Waals surface area (Å²) in [6.45, 7) is 5.59. The molecule has 1 aromatic heterocycles. The van der Waals surface area contributed by atoms with Crippen LogP contribution < -0.4 is 10.1 Å². The second-order valence-corrected chi connectivity index (χ2v) is 5.05. The van der Waals surface area contributed by atoms with E-state index in [-0.39, 0.29) is 11.6 Å². The molecule has 0 fully saturated rings. The van der Waals surface area contributed by atoms with Crippen molar-refractivity contribution in [2.45, 2.75) is 20.4 Å². The summed E-state index contributed by atoms with van der Waals surface area (Å²) in [5, 5.41) is 3.22. The molecule has 2 aromatic rings. The maximum Gasteiger partial charge on any atom is 0.238 e. The number of nitrogens with one attached hydrogen (secondary N) is 1. The Bertz CT molecular complexity index is 605. The van der Waals surface area contributed by atoms with Crippen molar-refractivity contribution in [2.75, 3.05) is 6.54 Å². The number of hydrogen-bond acceptors (Lipinski definition) is 4. The molecule has 0 spiro atoms. The molecule has 0 radical (unpaired) electrons. The van der Waals surface area contributed by atoms with Crippen molar-refractivity contribution in [1.82, 2.24) is 15.3 Å². The standard InChI is InChI=1S/C15H17F2N3O/c1-10(2)6-18-7-12-8-19-9-15(20-12)21-14-5-11(16)3-4-13(14)17/h3-5,8-10,18H,6-7H2,1-2H3. The summed E-state index contributed by atoms with van der Waals surface area (Å²) in [4.78, 5) is 8.19. The molecule has 4 nitrogen and oxygen atoms in total. The molecule has 1 N–H and O–H groups in total. The third kappa shape index (κ3) is 4.75.